The van der Waals surface area contributed by atoms with E-state index in [4.69, 9.17) is 32.8 Å². The molecule has 0 unspecified atom stereocenters. The van der Waals surface area contributed by atoms with Gasteiger partial charge in [-0.25, -0.2) is 0 Å². The number of rotatable bonds is 8. The van der Waals surface area contributed by atoms with Gasteiger partial charge in [-0.1, -0.05) is 0 Å². The Morgan fingerprint density at radius 2 is 1.55 bits per heavy atom. The SMILES string of the molecule is COc1ccc(-c2cc(=O)c3c(O)c(OC)c(O[C@@H]4O[C@H](CO)[C@@H](O)[C@H](O)[C@@H]4O[C@@H]4O[C@H](C)[C@H](O)[C@@H](O)[C@H]4O)cc3o2)cc1. The van der Waals surface area contributed by atoms with Gasteiger partial charge in [0.15, 0.2) is 29.3 Å². The predicted octanol–water partition coefficient (Wildman–Crippen LogP) is -0.787. The van der Waals surface area contributed by atoms with E-state index in [-0.39, 0.29) is 28.2 Å². The molecular formula is C29H34O15. The van der Waals surface area contributed by atoms with Crippen molar-refractivity contribution < 1.29 is 68.6 Å². The van der Waals surface area contributed by atoms with Crippen LogP contribution < -0.4 is 19.6 Å². The molecule has 10 atom stereocenters. The number of phenolic OH excluding ortho intramolecular Hbond substituents is 1. The molecule has 44 heavy (non-hydrogen) atoms. The summed E-state index contributed by atoms with van der Waals surface area (Å²) in [5.41, 5.74) is -0.171. The van der Waals surface area contributed by atoms with Crippen LogP contribution in [-0.2, 0) is 14.2 Å². The van der Waals surface area contributed by atoms with Gasteiger partial charge < -0.3 is 68.6 Å². The number of aliphatic hydroxyl groups is 6. The number of aliphatic hydroxyl groups excluding tert-OH is 6. The Morgan fingerprint density at radius 1 is 0.841 bits per heavy atom. The number of hydrogen-bond donors (Lipinski definition) is 7. The van der Waals surface area contributed by atoms with E-state index in [2.05, 4.69) is 0 Å². The molecule has 0 saturated carbocycles. The first-order chi connectivity index (χ1) is 21.0. The molecule has 2 aromatic carbocycles. The van der Waals surface area contributed by atoms with Crippen LogP contribution >= 0.6 is 0 Å². The number of ether oxygens (including phenoxy) is 6. The minimum Gasteiger partial charge on any atom is -0.504 e. The standard InChI is InChI=1S/C29H34O15/c1-11-20(32)23(35)25(37)28(40-11)44-27-24(36)21(33)18(10-30)43-29(27)42-17-9-16-19(22(34)26(17)39-3)14(31)8-15(41-16)12-4-6-13(38-2)7-5-12/h4-9,11,18,20-21,23-25,27-30,32-37H,10H2,1-3H3/t11-,18-,20+,21-,23-,24+,25-,27+,28+,29-/m1/s1. The number of phenols is 1. The summed E-state index contributed by atoms with van der Waals surface area (Å²) >= 11 is 0. The van der Waals surface area contributed by atoms with Gasteiger partial charge >= 0.3 is 0 Å². The van der Waals surface area contributed by atoms with E-state index in [0.29, 0.717) is 11.3 Å². The predicted molar refractivity (Wildman–Crippen MR) is 148 cm³/mol. The molecule has 2 aliphatic heterocycles. The lowest BCUT2D eigenvalue weighted by molar-refractivity contribution is -0.354. The molecule has 2 saturated heterocycles. The van der Waals surface area contributed by atoms with Crippen LogP contribution in [0.3, 0.4) is 0 Å². The zero-order valence-corrected chi connectivity index (χ0v) is 23.8. The fourth-order valence-electron chi connectivity index (χ4n) is 5.15. The Labute approximate surface area is 249 Å². The molecule has 3 heterocycles. The summed E-state index contributed by atoms with van der Waals surface area (Å²) in [6, 6.07) is 9.12. The summed E-state index contributed by atoms with van der Waals surface area (Å²) in [6.07, 6.45) is -15.6. The van der Waals surface area contributed by atoms with Gasteiger partial charge in [0.05, 0.1) is 26.9 Å². The Hall–Kier alpha value is -3.51. The van der Waals surface area contributed by atoms with Crippen LogP contribution in [0.5, 0.6) is 23.0 Å². The van der Waals surface area contributed by atoms with Crippen LogP contribution in [0.25, 0.3) is 22.3 Å². The van der Waals surface area contributed by atoms with Crippen molar-refractivity contribution in [3.05, 3.63) is 46.6 Å². The van der Waals surface area contributed by atoms with Gasteiger partial charge in [-0.15, -0.1) is 0 Å². The fraction of sp³-hybridized carbons (Fsp3) is 0.483. The van der Waals surface area contributed by atoms with E-state index in [1.165, 1.54) is 33.3 Å². The Morgan fingerprint density at radius 3 is 2.18 bits per heavy atom. The van der Waals surface area contributed by atoms with Crippen LogP contribution in [0.2, 0.25) is 0 Å². The zero-order valence-electron chi connectivity index (χ0n) is 23.8. The van der Waals surface area contributed by atoms with Gasteiger partial charge in [-0.3, -0.25) is 4.79 Å². The maximum absolute atomic E-state index is 13.1. The van der Waals surface area contributed by atoms with E-state index in [1.807, 2.05) is 0 Å². The van der Waals surface area contributed by atoms with Gasteiger partial charge in [0.1, 0.15) is 59.1 Å². The maximum Gasteiger partial charge on any atom is 0.229 e. The second-order valence-electron chi connectivity index (χ2n) is 10.4. The van der Waals surface area contributed by atoms with Crippen LogP contribution in [0.1, 0.15) is 6.92 Å². The Balaban J connectivity index is 1.53. The lowest BCUT2D eigenvalue weighted by Crippen LogP contribution is -2.64. The lowest BCUT2D eigenvalue weighted by Gasteiger charge is -2.45. The maximum atomic E-state index is 13.1. The smallest absolute Gasteiger partial charge is 0.229 e. The van der Waals surface area contributed by atoms with Gasteiger partial charge in [0.25, 0.3) is 0 Å². The van der Waals surface area contributed by atoms with Gasteiger partial charge in [0, 0.05) is 17.7 Å². The average molecular weight is 623 g/mol. The van der Waals surface area contributed by atoms with E-state index in [9.17, 15) is 40.5 Å². The number of benzene rings is 2. The number of hydrogen-bond acceptors (Lipinski definition) is 15. The van der Waals surface area contributed by atoms with Gasteiger partial charge in [-0.05, 0) is 31.2 Å². The van der Waals surface area contributed by atoms with Crippen LogP contribution in [0, 0.1) is 0 Å². The van der Waals surface area contributed by atoms with E-state index < -0.39 is 79.2 Å². The van der Waals surface area contributed by atoms with Crippen molar-refractivity contribution in [2.24, 2.45) is 0 Å². The molecule has 2 fully saturated rings. The molecule has 0 aliphatic carbocycles. The van der Waals surface area contributed by atoms with Crippen molar-refractivity contribution in [2.75, 3.05) is 20.8 Å². The monoisotopic (exact) mass is 622 g/mol. The largest absolute Gasteiger partial charge is 0.504 e. The highest BCUT2D eigenvalue weighted by Crippen LogP contribution is 2.44. The van der Waals surface area contributed by atoms with Crippen molar-refractivity contribution in [3.63, 3.8) is 0 Å². The molecule has 0 radical (unpaired) electrons. The first-order valence-corrected chi connectivity index (χ1v) is 13.7. The van der Waals surface area contributed by atoms with Crippen molar-refractivity contribution >= 4 is 11.0 Å². The van der Waals surface area contributed by atoms with E-state index >= 15 is 0 Å². The quantitative estimate of drug-likeness (QED) is 0.163. The van der Waals surface area contributed by atoms with Crippen molar-refractivity contribution in [2.45, 2.75) is 68.3 Å². The summed E-state index contributed by atoms with van der Waals surface area (Å²) < 4.78 is 39.2. The summed E-state index contributed by atoms with van der Waals surface area (Å²) in [5.74, 6) is -0.446. The summed E-state index contributed by atoms with van der Waals surface area (Å²) in [4.78, 5) is 13.1. The van der Waals surface area contributed by atoms with Crippen LogP contribution in [-0.4, -0.2) is 118 Å². The minimum atomic E-state index is -1.79. The first-order valence-electron chi connectivity index (χ1n) is 13.7. The van der Waals surface area contributed by atoms with Crippen molar-refractivity contribution in [1.82, 2.24) is 0 Å². The number of fused-ring (bicyclic) bond motifs is 1. The highest BCUT2D eigenvalue weighted by Gasteiger charge is 2.51. The van der Waals surface area contributed by atoms with Crippen LogP contribution in [0.4, 0.5) is 0 Å². The molecule has 0 bridgehead atoms. The molecule has 15 heteroatoms. The summed E-state index contributed by atoms with van der Waals surface area (Å²) in [6.45, 7) is 0.681. The van der Waals surface area contributed by atoms with Crippen LogP contribution in [0.15, 0.2) is 45.6 Å². The molecule has 240 valence electrons. The fourth-order valence-corrected chi connectivity index (χ4v) is 5.15. The minimum absolute atomic E-state index is 0.110. The highest BCUT2D eigenvalue weighted by molar-refractivity contribution is 5.89. The summed E-state index contributed by atoms with van der Waals surface area (Å²) in [5, 5.41) is 72.7. The lowest BCUT2D eigenvalue weighted by atomic mass is 9.97. The molecular weight excluding hydrogens is 588 g/mol. The van der Waals surface area contributed by atoms with Gasteiger partial charge in [-0.2, -0.15) is 0 Å². The molecule has 15 nitrogen and oxygen atoms in total. The number of aromatic hydroxyl groups is 1. The number of methoxy groups -OCH3 is 2. The normalized spacial score (nSPS) is 32.4. The van der Waals surface area contributed by atoms with Crippen molar-refractivity contribution in [1.29, 1.82) is 0 Å². The molecule has 1 aromatic heterocycles. The van der Waals surface area contributed by atoms with Gasteiger partial charge in [0.2, 0.25) is 12.0 Å². The molecule has 0 amide bonds. The third-order valence-electron chi connectivity index (χ3n) is 7.66. The third-order valence-corrected chi connectivity index (χ3v) is 7.66. The summed E-state index contributed by atoms with van der Waals surface area (Å²) in [7, 11) is 2.71. The second-order valence-corrected chi connectivity index (χ2v) is 10.4. The Kier molecular flexibility index (Phi) is 9.31. The topological polar surface area (TPSA) is 227 Å². The highest BCUT2D eigenvalue weighted by atomic mass is 16.8. The molecule has 0 spiro atoms. The molecule has 5 rings (SSSR count). The molecule has 2 aliphatic rings. The zero-order chi connectivity index (χ0) is 31.9. The Bertz CT molecular complexity index is 1510. The van der Waals surface area contributed by atoms with Crippen molar-refractivity contribution in [3.8, 4) is 34.3 Å². The third kappa shape index (κ3) is 5.81. The van der Waals surface area contributed by atoms with E-state index in [1.54, 1.807) is 24.3 Å². The first kappa shape index (κ1) is 31.9. The second kappa shape index (κ2) is 12.8. The van der Waals surface area contributed by atoms with E-state index in [0.717, 1.165) is 0 Å². The molecule has 7 N–H and O–H groups in total. The average Bonchev–Trinajstić information content (AvgIpc) is 3.01. The molecule has 3 aromatic rings.